The van der Waals surface area contributed by atoms with Crippen molar-refractivity contribution in [1.82, 2.24) is 4.98 Å². The van der Waals surface area contributed by atoms with E-state index in [0.717, 1.165) is 4.88 Å². The lowest BCUT2D eigenvalue weighted by Crippen LogP contribution is -2.28. The van der Waals surface area contributed by atoms with Gasteiger partial charge in [-0.15, -0.1) is 11.3 Å². The van der Waals surface area contributed by atoms with E-state index in [4.69, 9.17) is 9.15 Å². The number of aryl methyl sites for hydroxylation is 1. The van der Waals surface area contributed by atoms with Crippen molar-refractivity contribution in [3.05, 3.63) is 58.5 Å². The van der Waals surface area contributed by atoms with E-state index in [1.54, 1.807) is 6.92 Å². The third-order valence-corrected chi connectivity index (χ3v) is 5.17. The molecule has 138 valence electrons. The van der Waals surface area contributed by atoms with Gasteiger partial charge < -0.3 is 14.5 Å². The normalized spacial score (nSPS) is 15.9. The second-order valence-corrected chi connectivity index (χ2v) is 7.09. The number of carbonyl (C=O) groups is 2. The van der Waals surface area contributed by atoms with Crippen LogP contribution in [0.2, 0.25) is 0 Å². The number of esters is 1. The number of anilines is 1. The number of ether oxygens (including phenoxy) is 1. The third-order valence-electron chi connectivity index (χ3n) is 4.31. The fourth-order valence-corrected chi connectivity index (χ4v) is 3.60. The SMILES string of the molecule is Cc1oc(-c2cccs2)nc1COC(=O)C1CC(=O)Nc2cc(F)ccc21. The minimum absolute atomic E-state index is 0.0459. The summed E-state index contributed by atoms with van der Waals surface area (Å²) in [6, 6.07) is 7.73. The van der Waals surface area contributed by atoms with E-state index in [9.17, 15) is 14.0 Å². The van der Waals surface area contributed by atoms with Crippen LogP contribution >= 0.6 is 11.3 Å². The first kappa shape index (κ1) is 17.4. The zero-order valence-corrected chi connectivity index (χ0v) is 15.1. The molecule has 8 heteroatoms. The molecule has 1 aromatic carbocycles. The van der Waals surface area contributed by atoms with Crippen LogP contribution in [0.3, 0.4) is 0 Å². The Balaban J connectivity index is 1.50. The molecule has 1 atom stereocenters. The molecule has 6 nitrogen and oxygen atoms in total. The Hall–Kier alpha value is -3.00. The topological polar surface area (TPSA) is 81.4 Å². The predicted octanol–water partition coefficient (Wildman–Crippen LogP) is 4.02. The molecule has 0 saturated heterocycles. The van der Waals surface area contributed by atoms with Gasteiger partial charge in [0.25, 0.3) is 0 Å². The number of benzene rings is 1. The zero-order chi connectivity index (χ0) is 19.0. The van der Waals surface area contributed by atoms with E-state index in [1.807, 2.05) is 17.5 Å². The predicted molar refractivity (Wildman–Crippen MR) is 96.7 cm³/mol. The van der Waals surface area contributed by atoms with Crippen molar-refractivity contribution < 1.29 is 23.1 Å². The molecule has 1 aliphatic heterocycles. The lowest BCUT2D eigenvalue weighted by molar-refractivity contribution is -0.148. The Kier molecular flexibility index (Phi) is 4.49. The maximum Gasteiger partial charge on any atom is 0.314 e. The van der Waals surface area contributed by atoms with Crippen molar-refractivity contribution in [1.29, 1.82) is 0 Å². The minimum Gasteiger partial charge on any atom is -0.459 e. The van der Waals surface area contributed by atoms with E-state index in [0.29, 0.717) is 28.6 Å². The number of oxazole rings is 1. The number of hydrogen-bond acceptors (Lipinski definition) is 6. The van der Waals surface area contributed by atoms with Crippen LogP contribution < -0.4 is 5.32 Å². The molecular weight excluding hydrogens is 371 g/mol. The monoisotopic (exact) mass is 386 g/mol. The second-order valence-electron chi connectivity index (χ2n) is 6.14. The fourth-order valence-electron chi connectivity index (χ4n) is 2.96. The molecule has 3 heterocycles. The molecule has 2 aromatic heterocycles. The smallest absolute Gasteiger partial charge is 0.314 e. The molecule has 0 saturated carbocycles. The number of fused-ring (bicyclic) bond motifs is 1. The maximum absolute atomic E-state index is 13.4. The summed E-state index contributed by atoms with van der Waals surface area (Å²) >= 11 is 1.50. The van der Waals surface area contributed by atoms with E-state index in [-0.39, 0.29) is 18.9 Å². The Bertz CT molecular complexity index is 1010. The zero-order valence-electron chi connectivity index (χ0n) is 14.3. The first-order valence-electron chi connectivity index (χ1n) is 8.27. The van der Waals surface area contributed by atoms with Gasteiger partial charge in [0.1, 0.15) is 23.9 Å². The summed E-state index contributed by atoms with van der Waals surface area (Å²) < 4.78 is 24.4. The lowest BCUT2D eigenvalue weighted by atomic mass is 9.90. The number of nitrogens with zero attached hydrogens (tertiary/aromatic N) is 1. The number of rotatable bonds is 4. The number of carbonyl (C=O) groups excluding carboxylic acids is 2. The van der Waals surface area contributed by atoms with Gasteiger partial charge in [-0.3, -0.25) is 9.59 Å². The molecule has 27 heavy (non-hydrogen) atoms. The standard InChI is InChI=1S/C19H15FN2O4S/c1-10-15(22-18(26-10)16-3-2-6-27-16)9-25-19(24)13-8-17(23)21-14-7-11(20)4-5-12(13)14/h2-7,13H,8-9H2,1H3,(H,21,23). The van der Waals surface area contributed by atoms with Crippen LogP contribution in [-0.4, -0.2) is 16.9 Å². The van der Waals surface area contributed by atoms with Crippen LogP contribution in [0.5, 0.6) is 0 Å². The van der Waals surface area contributed by atoms with Crippen LogP contribution in [0.15, 0.2) is 40.1 Å². The molecule has 1 unspecified atom stereocenters. The number of amides is 1. The number of thiophene rings is 1. The van der Waals surface area contributed by atoms with Gasteiger partial charge in [0.15, 0.2) is 0 Å². The van der Waals surface area contributed by atoms with Gasteiger partial charge in [0, 0.05) is 12.1 Å². The Morgan fingerprint density at radius 1 is 1.44 bits per heavy atom. The Labute approximate surface area is 158 Å². The third kappa shape index (κ3) is 3.48. The summed E-state index contributed by atoms with van der Waals surface area (Å²) in [6.07, 6.45) is -0.0459. The quantitative estimate of drug-likeness (QED) is 0.685. The van der Waals surface area contributed by atoms with Crippen molar-refractivity contribution in [3.8, 4) is 10.8 Å². The van der Waals surface area contributed by atoms with Gasteiger partial charge in [0.2, 0.25) is 11.8 Å². The largest absolute Gasteiger partial charge is 0.459 e. The summed E-state index contributed by atoms with van der Waals surface area (Å²) in [4.78, 5) is 29.7. The molecule has 1 aliphatic rings. The summed E-state index contributed by atoms with van der Waals surface area (Å²) in [5.74, 6) is -1.13. The van der Waals surface area contributed by atoms with Crippen molar-refractivity contribution >= 4 is 28.9 Å². The van der Waals surface area contributed by atoms with Gasteiger partial charge in [-0.25, -0.2) is 9.37 Å². The summed E-state index contributed by atoms with van der Waals surface area (Å²) in [5.41, 5.74) is 1.36. The highest BCUT2D eigenvalue weighted by Crippen LogP contribution is 2.34. The van der Waals surface area contributed by atoms with Crippen LogP contribution in [0, 0.1) is 12.7 Å². The molecule has 0 radical (unpaired) electrons. The Morgan fingerprint density at radius 2 is 2.30 bits per heavy atom. The summed E-state index contributed by atoms with van der Waals surface area (Å²) in [6.45, 7) is 1.69. The van der Waals surface area contributed by atoms with Crippen LogP contribution in [-0.2, 0) is 20.9 Å². The minimum atomic E-state index is -0.779. The second kappa shape index (κ2) is 6.96. The molecule has 0 bridgehead atoms. The van der Waals surface area contributed by atoms with Gasteiger partial charge in [-0.2, -0.15) is 0 Å². The molecule has 0 fully saturated rings. The first-order valence-corrected chi connectivity index (χ1v) is 9.15. The van der Waals surface area contributed by atoms with Crippen molar-refractivity contribution in [2.24, 2.45) is 0 Å². The van der Waals surface area contributed by atoms with Crippen molar-refractivity contribution in [2.75, 3.05) is 5.32 Å². The van der Waals surface area contributed by atoms with Gasteiger partial charge in [-0.1, -0.05) is 12.1 Å². The van der Waals surface area contributed by atoms with E-state index in [2.05, 4.69) is 10.3 Å². The van der Waals surface area contributed by atoms with Crippen LogP contribution in [0.1, 0.15) is 29.4 Å². The molecule has 1 N–H and O–H groups in total. The van der Waals surface area contributed by atoms with E-state index >= 15 is 0 Å². The summed E-state index contributed by atoms with van der Waals surface area (Å²) in [5, 5.41) is 4.49. The summed E-state index contributed by atoms with van der Waals surface area (Å²) in [7, 11) is 0. The number of hydrogen-bond donors (Lipinski definition) is 1. The highest BCUT2D eigenvalue weighted by atomic mass is 32.1. The average Bonchev–Trinajstić information content (AvgIpc) is 3.28. The van der Waals surface area contributed by atoms with E-state index < -0.39 is 17.7 Å². The lowest BCUT2D eigenvalue weighted by Gasteiger charge is -2.24. The van der Waals surface area contributed by atoms with Gasteiger partial charge >= 0.3 is 5.97 Å². The number of nitrogens with one attached hydrogen (secondary N) is 1. The van der Waals surface area contributed by atoms with Crippen LogP contribution in [0.4, 0.5) is 10.1 Å². The van der Waals surface area contributed by atoms with E-state index in [1.165, 1.54) is 29.5 Å². The molecule has 0 aliphatic carbocycles. The van der Waals surface area contributed by atoms with Crippen molar-refractivity contribution in [2.45, 2.75) is 25.9 Å². The Morgan fingerprint density at radius 3 is 3.07 bits per heavy atom. The van der Waals surface area contributed by atoms with Gasteiger partial charge in [0.05, 0.1) is 10.8 Å². The average molecular weight is 386 g/mol. The highest BCUT2D eigenvalue weighted by molar-refractivity contribution is 7.13. The molecule has 1 amide bonds. The highest BCUT2D eigenvalue weighted by Gasteiger charge is 2.32. The first-order chi connectivity index (χ1) is 13.0. The number of aromatic nitrogens is 1. The molecule has 0 spiro atoms. The maximum atomic E-state index is 13.4. The van der Waals surface area contributed by atoms with Crippen molar-refractivity contribution in [3.63, 3.8) is 0 Å². The molecule has 4 rings (SSSR count). The molecular formula is C19H15FN2O4S. The number of halogens is 1. The van der Waals surface area contributed by atoms with Gasteiger partial charge in [-0.05, 0) is 36.1 Å². The fraction of sp³-hybridized carbons (Fsp3) is 0.211. The van der Waals surface area contributed by atoms with Crippen LogP contribution in [0.25, 0.3) is 10.8 Å². The molecule has 3 aromatic rings.